The van der Waals surface area contributed by atoms with Gasteiger partial charge in [-0.1, -0.05) is 48.5 Å². The number of hydrogen-bond donors (Lipinski definition) is 2. The van der Waals surface area contributed by atoms with E-state index in [1.165, 1.54) is 0 Å². The van der Waals surface area contributed by atoms with Crippen LogP contribution in [0.2, 0.25) is 0 Å². The lowest BCUT2D eigenvalue weighted by molar-refractivity contribution is -0.117. The van der Waals surface area contributed by atoms with Gasteiger partial charge in [0.2, 0.25) is 5.91 Å². The first kappa shape index (κ1) is 19.7. The van der Waals surface area contributed by atoms with Crippen LogP contribution in [0.25, 0.3) is 0 Å². The van der Waals surface area contributed by atoms with E-state index < -0.39 is 0 Å². The van der Waals surface area contributed by atoms with E-state index in [0.717, 1.165) is 29.7 Å². The minimum absolute atomic E-state index is 0.0213. The molecule has 1 aliphatic carbocycles. The molecule has 2 N–H and O–H groups in total. The molecule has 2 amide bonds. The van der Waals surface area contributed by atoms with Crippen molar-refractivity contribution in [3.8, 4) is 5.75 Å². The molecule has 0 heterocycles. The number of carbonyl (C=O) groups excluding carboxylic acids is 2. The number of methoxy groups -OCH3 is 1. The van der Waals surface area contributed by atoms with Crippen molar-refractivity contribution in [1.29, 1.82) is 0 Å². The number of carbonyl (C=O) groups is 2. The van der Waals surface area contributed by atoms with Crippen molar-refractivity contribution in [2.24, 2.45) is 5.92 Å². The first-order valence-electron chi connectivity index (χ1n) is 10.0. The minimum Gasteiger partial charge on any atom is -0.497 e. The zero-order valence-electron chi connectivity index (χ0n) is 16.8. The van der Waals surface area contributed by atoms with Crippen LogP contribution >= 0.6 is 0 Å². The third kappa shape index (κ3) is 4.69. The maximum Gasteiger partial charge on any atom is 0.252 e. The van der Waals surface area contributed by atoms with Crippen LogP contribution in [0.15, 0.2) is 78.9 Å². The van der Waals surface area contributed by atoms with E-state index in [-0.39, 0.29) is 23.8 Å². The van der Waals surface area contributed by atoms with Crippen molar-refractivity contribution < 1.29 is 14.3 Å². The third-order valence-corrected chi connectivity index (χ3v) is 5.20. The molecule has 1 saturated carbocycles. The van der Waals surface area contributed by atoms with E-state index in [1.54, 1.807) is 31.4 Å². The number of anilines is 1. The summed E-state index contributed by atoms with van der Waals surface area (Å²) in [4.78, 5) is 25.1. The fourth-order valence-electron chi connectivity index (χ4n) is 3.34. The van der Waals surface area contributed by atoms with Crippen LogP contribution in [0.3, 0.4) is 0 Å². The Labute approximate surface area is 176 Å². The smallest absolute Gasteiger partial charge is 0.252 e. The van der Waals surface area contributed by atoms with Gasteiger partial charge in [0.15, 0.2) is 0 Å². The highest BCUT2D eigenvalue weighted by Crippen LogP contribution is 2.30. The minimum atomic E-state index is -0.311. The molecule has 30 heavy (non-hydrogen) atoms. The lowest BCUT2D eigenvalue weighted by atomic mass is 9.98. The second-order valence-corrected chi connectivity index (χ2v) is 7.43. The fourth-order valence-corrected chi connectivity index (χ4v) is 3.34. The monoisotopic (exact) mass is 400 g/mol. The zero-order valence-corrected chi connectivity index (χ0v) is 16.8. The molecule has 1 fully saturated rings. The Morgan fingerprint density at radius 3 is 2.27 bits per heavy atom. The number of ether oxygens (including phenoxy) is 1. The predicted molar refractivity (Wildman–Crippen MR) is 117 cm³/mol. The van der Waals surface area contributed by atoms with Gasteiger partial charge in [-0.2, -0.15) is 0 Å². The van der Waals surface area contributed by atoms with Gasteiger partial charge in [-0.15, -0.1) is 0 Å². The Balaban J connectivity index is 1.56. The van der Waals surface area contributed by atoms with Gasteiger partial charge in [0.05, 0.1) is 13.2 Å². The van der Waals surface area contributed by atoms with Crippen LogP contribution in [-0.2, 0) is 4.79 Å². The molecule has 4 rings (SSSR count). The predicted octanol–water partition coefficient (Wildman–Crippen LogP) is 4.56. The van der Waals surface area contributed by atoms with Crippen molar-refractivity contribution in [3.05, 3.63) is 95.6 Å². The third-order valence-electron chi connectivity index (χ3n) is 5.20. The molecule has 0 aromatic heterocycles. The lowest BCUT2D eigenvalue weighted by Gasteiger charge is -2.20. The topological polar surface area (TPSA) is 67.4 Å². The summed E-state index contributed by atoms with van der Waals surface area (Å²) < 4.78 is 5.25. The fraction of sp³-hybridized carbons (Fsp3) is 0.200. The molecule has 3 aromatic carbocycles. The van der Waals surface area contributed by atoms with Crippen molar-refractivity contribution in [2.75, 3.05) is 12.4 Å². The Morgan fingerprint density at radius 1 is 0.900 bits per heavy atom. The number of nitrogens with one attached hydrogen (secondary N) is 2. The number of amides is 2. The first-order chi connectivity index (χ1) is 14.6. The van der Waals surface area contributed by atoms with Crippen LogP contribution in [0, 0.1) is 5.92 Å². The van der Waals surface area contributed by atoms with Crippen molar-refractivity contribution >= 4 is 17.5 Å². The van der Waals surface area contributed by atoms with Gasteiger partial charge < -0.3 is 15.4 Å². The highest BCUT2D eigenvalue weighted by atomic mass is 16.5. The van der Waals surface area contributed by atoms with Gasteiger partial charge >= 0.3 is 0 Å². The molecule has 3 aromatic rings. The summed E-state index contributed by atoms with van der Waals surface area (Å²) in [6, 6.07) is 24.2. The van der Waals surface area contributed by atoms with E-state index in [1.807, 2.05) is 54.6 Å². The van der Waals surface area contributed by atoms with E-state index in [4.69, 9.17) is 4.74 Å². The van der Waals surface area contributed by atoms with E-state index in [9.17, 15) is 9.59 Å². The molecule has 0 bridgehead atoms. The maximum atomic E-state index is 13.1. The average molecular weight is 400 g/mol. The molecule has 1 atom stereocenters. The molecular formula is C25H24N2O3. The van der Waals surface area contributed by atoms with Crippen LogP contribution in [0.4, 0.5) is 5.69 Å². The largest absolute Gasteiger partial charge is 0.497 e. The normalized spacial score (nSPS) is 13.9. The highest BCUT2D eigenvalue weighted by molar-refractivity contribution is 5.98. The summed E-state index contributed by atoms with van der Waals surface area (Å²) in [5.74, 6) is 0.686. The molecule has 5 nitrogen and oxygen atoms in total. The van der Waals surface area contributed by atoms with Gasteiger partial charge in [-0.05, 0) is 54.3 Å². The second-order valence-electron chi connectivity index (χ2n) is 7.43. The van der Waals surface area contributed by atoms with Crippen LogP contribution in [-0.4, -0.2) is 18.9 Å². The van der Waals surface area contributed by atoms with Gasteiger partial charge in [-0.25, -0.2) is 0 Å². The Bertz CT molecular complexity index is 1030. The summed E-state index contributed by atoms with van der Waals surface area (Å²) in [6.07, 6.45) is 1.87. The first-order valence-corrected chi connectivity index (χ1v) is 10.0. The molecule has 0 spiro atoms. The molecule has 1 aliphatic rings. The standard InChI is InChI=1S/C25H24N2O3/c1-30-22-14-12-18(13-15-22)23(17-6-3-2-4-7-17)27-25(29)20-8-5-9-21(16-20)26-24(28)19-10-11-19/h2-9,12-16,19,23H,10-11H2,1H3,(H,26,28)(H,27,29). The summed E-state index contributed by atoms with van der Waals surface area (Å²) in [7, 11) is 1.63. The van der Waals surface area contributed by atoms with Crippen molar-refractivity contribution in [2.45, 2.75) is 18.9 Å². The summed E-state index contributed by atoms with van der Waals surface area (Å²) in [5, 5.41) is 6.02. The second kappa shape index (κ2) is 8.82. The quantitative estimate of drug-likeness (QED) is 0.611. The summed E-state index contributed by atoms with van der Waals surface area (Å²) in [5.41, 5.74) is 3.07. The molecule has 0 radical (unpaired) electrons. The lowest BCUT2D eigenvalue weighted by Crippen LogP contribution is -2.29. The molecule has 0 aliphatic heterocycles. The van der Waals surface area contributed by atoms with E-state index in [0.29, 0.717) is 11.3 Å². The highest BCUT2D eigenvalue weighted by Gasteiger charge is 2.29. The summed E-state index contributed by atoms with van der Waals surface area (Å²) >= 11 is 0. The summed E-state index contributed by atoms with van der Waals surface area (Å²) in [6.45, 7) is 0. The average Bonchev–Trinajstić information content (AvgIpc) is 3.64. The van der Waals surface area contributed by atoms with Gasteiger partial charge in [-0.3, -0.25) is 9.59 Å². The SMILES string of the molecule is COc1ccc(C(NC(=O)c2cccc(NC(=O)C3CC3)c2)c2ccccc2)cc1. The molecule has 0 saturated heterocycles. The molecular weight excluding hydrogens is 376 g/mol. The van der Waals surface area contributed by atoms with Crippen LogP contribution < -0.4 is 15.4 Å². The Hall–Kier alpha value is -3.60. The molecule has 152 valence electrons. The van der Waals surface area contributed by atoms with Crippen molar-refractivity contribution in [1.82, 2.24) is 5.32 Å². The molecule has 1 unspecified atom stereocenters. The number of rotatable bonds is 7. The van der Waals surface area contributed by atoms with Gasteiger partial charge in [0, 0.05) is 17.2 Å². The number of hydrogen-bond acceptors (Lipinski definition) is 3. The van der Waals surface area contributed by atoms with E-state index >= 15 is 0 Å². The zero-order chi connectivity index (χ0) is 20.9. The maximum absolute atomic E-state index is 13.1. The number of benzene rings is 3. The Morgan fingerprint density at radius 2 is 1.60 bits per heavy atom. The van der Waals surface area contributed by atoms with Crippen LogP contribution in [0.1, 0.15) is 40.4 Å². The van der Waals surface area contributed by atoms with Gasteiger partial charge in [0.1, 0.15) is 5.75 Å². The van der Waals surface area contributed by atoms with Crippen LogP contribution in [0.5, 0.6) is 5.75 Å². The Kier molecular flexibility index (Phi) is 5.80. The van der Waals surface area contributed by atoms with Gasteiger partial charge in [0.25, 0.3) is 5.91 Å². The van der Waals surface area contributed by atoms with E-state index in [2.05, 4.69) is 10.6 Å². The van der Waals surface area contributed by atoms with Crippen molar-refractivity contribution in [3.63, 3.8) is 0 Å². The molecule has 5 heteroatoms.